The Morgan fingerprint density at radius 2 is 2.21 bits per heavy atom. The molecule has 0 radical (unpaired) electrons. The van der Waals surface area contributed by atoms with Crippen LogP contribution in [0, 0.1) is 13.8 Å². The minimum atomic E-state index is 0. The molecular weight excluding hydrogens is 471 g/mol. The van der Waals surface area contributed by atoms with Gasteiger partial charge in [-0.05, 0) is 33.6 Å². The van der Waals surface area contributed by atoms with Crippen LogP contribution in [0.1, 0.15) is 42.0 Å². The first kappa shape index (κ1) is 22.7. The van der Waals surface area contributed by atoms with Crippen molar-refractivity contribution in [3.05, 3.63) is 35.0 Å². The van der Waals surface area contributed by atoms with Crippen LogP contribution in [0.25, 0.3) is 0 Å². The molecule has 1 atom stereocenters. The average Bonchev–Trinajstić information content (AvgIpc) is 3.24. The fourth-order valence-electron chi connectivity index (χ4n) is 3.38. The topological polar surface area (TPSA) is 80.7 Å². The van der Waals surface area contributed by atoms with Gasteiger partial charge in [0.05, 0.1) is 25.0 Å². The third-order valence-corrected chi connectivity index (χ3v) is 4.83. The van der Waals surface area contributed by atoms with Gasteiger partial charge in [-0.1, -0.05) is 5.16 Å². The monoisotopic (exact) mass is 502 g/mol. The van der Waals surface area contributed by atoms with E-state index in [2.05, 4.69) is 27.4 Å². The van der Waals surface area contributed by atoms with Gasteiger partial charge in [-0.2, -0.15) is 5.10 Å². The van der Waals surface area contributed by atoms with Gasteiger partial charge in [-0.25, -0.2) is 0 Å². The second kappa shape index (κ2) is 10.8. The summed E-state index contributed by atoms with van der Waals surface area (Å²) in [5.41, 5.74) is 3.30. The maximum atomic E-state index is 5.94. The fourth-order valence-corrected chi connectivity index (χ4v) is 3.38. The van der Waals surface area contributed by atoms with Crippen LogP contribution in [0.2, 0.25) is 0 Å². The molecule has 3 rings (SSSR count). The lowest BCUT2D eigenvalue weighted by molar-refractivity contribution is -0.00804. The quantitative estimate of drug-likeness (QED) is 0.283. The average molecular weight is 502 g/mol. The molecule has 2 aromatic heterocycles. The van der Waals surface area contributed by atoms with Gasteiger partial charge in [-0.15, -0.1) is 24.0 Å². The summed E-state index contributed by atoms with van der Waals surface area (Å²) in [7, 11) is 1.93. The normalized spacial score (nSPS) is 17.5. The van der Waals surface area contributed by atoms with Crippen molar-refractivity contribution < 1.29 is 9.26 Å². The first-order valence-electron chi connectivity index (χ1n) is 9.63. The number of aliphatic imine (C=N–C) groups is 1. The van der Waals surface area contributed by atoms with Gasteiger partial charge in [-0.3, -0.25) is 9.67 Å². The first-order valence-corrected chi connectivity index (χ1v) is 9.63. The molecule has 1 N–H and O–H groups in total. The summed E-state index contributed by atoms with van der Waals surface area (Å²) >= 11 is 0. The van der Waals surface area contributed by atoms with Crippen LogP contribution in [-0.4, -0.2) is 58.6 Å². The number of hydrogen-bond donors (Lipinski definition) is 1. The van der Waals surface area contributed by atoms with E-state index < -0.39 is 0 Å². The first-order chi connectivity index (χ1) is 13.1. The highest BCUT2D eigenvalue weighted by atomic mass is 127. The molecule has 0 aliphatic carbocycles. The Labute approximate surface area is 183 Å². The molecule has 0 aromatic carbocycles. The van der Waals surface area contributed by atoms with E-state index in [9.17, 15) is 0 Å². The van der Waals surface area contributed by atoms with Gasteiger partial charge in [0, 0.05) is 44.0 Å². The highest BCUT2D eigenvalue weighted by Gasteiger charge is 2.25. The standard InChI is InChI=1S/C19H30N6O2.HI/c1-5-20-19(21-8-6-7-17-14(2)23-27-15(17)3)25-9-10-26-18(13-25)16-11-22-24(4)12-16;/h11-12,18H,5-10,13H2,1-4H3,(H,20,21);1H. The molecule has 156 valence electrons. The minimum Gasteiger partial charge on any atom is -0.370 e. The number of ether oxygens (including phenoxy) is 1. The van der Waals surface area contributed by atoms with Gasteiger partial charge < -0.3 is 19.5 Å². The van der Waals surface area contributed by atoms with E-state index in [0.29, 0.717) is 6.61 Å². The van der Waals surface area contributed by atoms with Crippen LogP contribution in [-0.2, 0) is 18.2 Å². The number of hydrogen-bond acceptors (Lipinski definition) is 5. The van der Waals surface area contributed by atoms with Crippen LogP contribution < -0.4 is 5.32 Å². The maximum absolute atomic E-state index is 5.94. The Hall–Kier alpha value is -1.62. The van der Waals surface area contributed by atoms with Crippen molar-refractivity contribution in [2.45, 2.75) is 39.7 Å². The van der Waals surface area contributed by atoms with Crippen LogP contribution in [0.15, 0.2) is 21.9 Å². The number of halogens is 1. The van der Waals surface area contributed by atoms with E-state index >= 15 is 0 Å². The zero-order chi connectivity index (χ0) is 19.2. The molecule has 9 heteroatoms. The Kier molecular flexibility index (Phi) is 8.74. The highest BCUT2D eigenvalue weighted by molar-refractivity contribution is 14.0. The second-order valence-corrected chi connectivity index (χ2v) is 6.89. The molecular formula is C19H31IN6O2. The SMILES string of the molecule is CCNC(=NCCCc1c(C)noc1C)N1CCOC(c2cnn(C)c2)C1.I. The second-order valence-electron chi connectivity index (χ2n) is 6.89. The molecule has 1 unspecified atom stereocenters. The zero-order valence-corrected chi connectivity index (χ0v) is 19.5. The van der Waals surface area contributed by atoms with Crippen LogP contribution in [0.5, 0.6) is 0 Å². The Morgan fingerprint density at radius 1 is 1.39 bits per heavy atom. The van der Waals surface area contributed by atoms with Crippen molar-refractivity contribution in [3.63, 3.8) is 0 Å². The summed E-state index contributed by atoms with van der Waals surface area (Å²) in [6.07, 6.45) is 5.82. The third-order valence-electron chi connectivity index (χ3n) is 4.83. The van der Waals surface area contributed by atoms with E-state index in [-0.39, 0.29) is 30.1 Å². The Morgan fingerprint density at radius 3 is 2.86 bits per heavy atom. The Bertz CT molecular complexity index is 753. The molecule has 3 heterocycles. The summed E-state index contributed by atoms with van der Waals surface area (Å²) in [4.78, 5) is 7.11. The molecule has 28 heavy (non-hydrogen) atoms. The predicted molar refractivity (Wildman–Crippen MR) is 119 cm³/mol. The summed E-state index contributed by atoms with van der Waals surface area (Å²) in [5, 5.41) is 11.7. The van der Waals surface area contributed by atoms with Gasteiger partial charge >= 0.3 is 0 Å². The van der Waals surface area contributed by atoms with E-state index in [4.69, 9.17) is 14.3 Å². The number of nitrogens with zero attached hydrogens (tertiary/aromatic N) is 5. The minimum absolute atomic E-state index is 0. The molecule has 0 saturated carbocycles. The van der Waals surface area contributed by atoms with Gasteiger partial charge in [0.25, 0.3) is 0 Å². The van der Waals surface area contributed by atoms with Gasteiger partial charge in [0.15, 0.2) is 5.96 Å². The zero-order valence-electron chi connectivity index (χ0n) is 17.1. The molecule has 1 saturated heterocycles. The molecule has 0 bridgehead atoms. The van der Waals surface area contributed by atoms with Crippen LogP contribution >= 0.6 is 24.0 Å². The van der Waals surface area contributed by atoms with Crippen molar-refractivity contribution in [2.75, 3.05) is 32.8 Å². The highest BCUT2D eigenvalue weighted by Crippen LogP contribution is 2.21. The van der Waals surface area contributed by atoms with E-state index in [1.807, 2.05) is 38.0 Å². The number of rotatable bonds is 6. The number of nitrogens with one attached hydrogen (secondary N) is 1. The number of aromatic nitrogens is 3. The van der Waals surface area contributed by atoms with Crippen molar-refractivity contribution in [2.24, 2.45) is 12.0 Å². The number of guanidine groups is 1. The lowest BCUT2D eigenvalue weighted by Crippen LogP contribution is -2.48. The van der Waals surface area contributed by atoms with Crippen LogP contribution in [0.3, 0.4) is 0 Å². The number of morpholine rings is 1. The summed E-state index contributed by atoms with van der Waals surface area (Å²) in [6.45, 7) is 9.97. The molecule has 1 fully saturated rings. The summed E-state index contributed by atoms with van der Waals surface area (Å²) in [5.74, 6) is 1.87. The van der Waals surface area contributed by atoms with Crippen molar-refractivity contribution in [3.8, 4) is 0 Å². The molecule has 1 aliphatic rings. The van der Waals surface area contributed by atoms with Gasteiger partial charge in [0.2, 0.25) is 0 Å². The predicted octanol–water partition coefficient (Wildman–Crippen LogP) is 2.61. The van der Waals surface area contributed by atoms with Gasteiger partial charge in [0.1, 0.15) is 11.9 Å². The van der Waals surface area contributed by atoms with Crippen molar-refractivity contribution in [1.29, 1.82) is 0 Å². The Balaban J connectivity index is 0.00000280. The maximum Gasteiger partial charge on any atom is 0.194 e. The van der Waals surface area contributed by atoms with E-state index in [0.717, 1.165) is 62.0 Å². The smallest absolute Gasteiger partial charge is 0.194 e. The molecule has 1 aliphatic heterocycles. The lowest BCUT2D eigenvalue weighted by Gasteiger charge is -2.34. The summed E-state index contributed by atoms with van der Waals surface area (Å²) in [6, 6.07) is 0. The lowest BCUT2D eigenvalue weighted by atomic mass is 10.1. The number of aryl methyl sites for hydroxylation is 3. The van der Waals surface area contributed by atoms with E-state index in [1.54, 1.807) is 0 Å². The summed E-state index contributed by atoms with van der Waals surface area (Å²) < 4.78 is 13.0. The molecule has 0 amide bonds. The molecule has 2 aromatic rings. The fraction of sp³-hybridized carbons (Fsp3) is 0.632. The molecule has 8 nitrogen and oxygen atoms in total. The third kappa shape index (κ3) is 5.69. The largest absolute Gasteiger partial charge is 0.370 e. The van der Waals surface area contributed by atoms with Crippen molar-refractivity contribution in [1.82, 2.24) is 25.2 Å². The van der Waals surface area contributed by atoms with E-state index in [1.165, 1.54) is 5.56 Å². The molecule has 0 spiro atoms. The van der Waals surface area contributed by atoms with Crippen LogP contribution in [0.4, 0.5) is 0 Å². The van der Waals surface area contributed by atoms with Crippen molar-refractivity contribution >= 4 is 29.9 Å².